The van der Waals surface area contributed by atoms with E-state index in [2.05, 4.69) is 10.3 Å². The first-order chi connectivity index (χ1) is 15.0. The molecule has 0 aliphatic rings. The number of nitro benzene ring substituents is 1. The monoisotopic (exact) mass is 435 g/mol. The lowest BCUT2D eigenvalue weighted by Gasteiger charge is -2.10. The first-order valence-electron chi connectivity index (χ1n) is 9.18. The number of anilines is 1. The lowest BCUT2D eigenvalue weighted by molar-refractivity contribution is -0.385. The molecule has 4 aromatic rings. The van der Waals surface area contributed by atoms with Gasteiger partial charge >= 0.3 is 0 Å². The minimum Gasteiger partial charge on any atom is -0.495 e. The van der Waals surface area contributed by atoms with Crippen molar-refractivity contribution in [2.75, 3.05) is 18.7 Å². The van der Waals surface area contributed by atoms with Gasteiger partial charge in [0.05, 0.1) is 23.0 Å². The number of nitrogens with zero attached hydrogens (tertiary/aromatic N) is 2. The van der Waals surface area contributed by atoms with Crippen LogP contribution in [0.25, 0.3) is 22.6 Å². The summed E-state index contributed by atoms with van der Waals surface area (Å²) in [7, 11) is 1.43. The van der Waals surface area contributed by atoms with Crippen molar-refractivity contribution in [3.63, 3.8) is 0 Å². The summed E-state index contributed by atoms with van der Waals surface area (Å²) in [6.45, 7) is 0. The van der Waals surface area contributed by atoms with Crippen LogP contribution in [-0.4, -0.2) is 29.2 Å². The molecule has 31 heavy (non-hydrogen) atoms. The molecule has 156 valence electrons. The first-order valence-corrected chi connectivity index (χ1v) is 10.4. The summed E-state index contributed by atoms with van der Waals surface area (Å²) in [5.41, 5.74) is 2.31. The van der Waals surface area contributed by atoms with Crippen molar-refractivity contribution in [2.24, 2.45) is 0 Å². The van der Waals surface area contributed by atoms with E-state index in [4.69, 9.17) is 9.15 Å². The summed E-state index contributed by atoms with van der Waals surface area (Å²) in [4.78, 5) is 28.7. The molecule has 0 atom stereocenters. The van der Waals surface area contributed by atoms with E-state index in [9.17, 15) is 14.9 Å². The standard InChI is InChI=1S/C22H17N3O5S/c1-29-19-12-17(25(27)28)15(11-20(19)31-2)21(26)23-14-9-7-13(8-10-14)22-24-16-5-3-4-6-18(16)30-22/h3-12H,1-2H3,(H,23,26). The summed E-state index contributed by atoms with van der Waals surface area (Å²) >= 11 is 1.33. The molecule has 0 fully saturated rings. The average molecular weight is 435 g/mol. The van der Waals surface area contributed by atoms with E-state index in [1.807, 2.05) is 24.3 Å². The van der Waals surface area contributed by atoms with Gasteiger partial charge in [-0.25, -0.2) is 4.98 Å². The van der Waals surface area contributed by atoms with E-state index in [-0.39, 0.29) is 11.3 Å². The van der Waals surface area contributed by atoms with Gasteiger partial charge in [-0.3, -0.25) is 14.9 Å². The Hall–Kier alpha value is -3.85. The Morgan fingerprint density at radius 2 is 1.90 bits per heavy atom. The van der Waals surface area contributed by atoms with Crippen LogP contribution in [0, 0.1) is 10.1 Å². The second-order valence-electron chi connectivity index (χ2n) is 6.50. The molecule has 0 spiro atoms. The van der Waals surface area contributed by atoms with Crippen molar-refractivity contribution in [1.82, 2.24) is 4.98 Å². The molecule has 0 saturated carbocycles. The number of amides is 1. The van der Waals surface area contributed by atoms with Crippen LogP contribution in [0.2, 0.25) is 0 Å². The van der Waals surface area contributed by atoms with Gasteiger partial charge < -0.3 is 14.5 Å². The van der Waals surface area contributed by atoms with Crippen molar-refractivity contribution in [3.8, 4) is 17.2 Å². The highest BCUT2D eigenvalue weighted by atomic mass is 32.2. The molecular formula is C22H17N3O5S. The number of aromatic nitrogens is 1. The van der Waals surface area contributed by atoms with E-state index in [0.717, 1.165) is 11.1 Å². The third kappa shape index (κ3) is 4.08. The summed E-state index contributed by atoms with van der Waals surface area (Å²) in [5.74, 6) is 0.229. The number of carbonyl (C=O) groups is 1. The molecular weight excluding hydrogens is 418 g/mol. The second kappa shape index (κ2) is 8.49. The third-order valence-corrected chi connectivity index (χ3v) is 5.39. The number of fused-ring (bicyclic) bond motifs is 1. The Labute approximate surface area is 181 Å². The Kier molecular flexibility index (Phi) is 5.59. The quantitative estimate of drug-likeness (QED) is 0.246. The van der Waals surface area contributed by atoms with E-state index in [1.165, 1.54) is 31.0 Å². The number of carbonyl (C=O) groups excluding carboxylic acids is 1. The van der Waals surface area contributed by atoms with Crippen molar-refractivity contribution in [3.05, 3.63) is 76.3 Å². The number of para-hydroxylation sites is 2. The predicted octanol–water partition coefficient (Wildman–Crippen LogP) is 5.39. The summed E-state index contributed by atoms with van der Waals surface area (Å²) < 4.78 is 10.9. The minimum atomic E-state index is -0.599. The highest BCUT2D eigenvalue weighted by Crippen LogP contribution is 2.35. The fourth-order valence-corrected chi connectivity index (χ4v) is 3.67. The second-order valence-corrected chi connectivity index (χ2v) is 7.35. The van der Waals surface area contributed by atoms with E-state index in [1.54, 1.807) is 30.5 Å². The molecule has 1 amide bonds. The lowest BCUT2D eigenvalue weighted by atomic mass is 10.1. The van der Waals surface area contributed by atoms with Crippen LogP contribution in [0.1, 0.15) is 10.4 Å². The van der Waals surface area contributed by atoms with Crippen LogP contribution in [0.3, 0.4) is 0 Å². The number of oxazole rings is 1. The largest absolute Gasteiger partial charge is 0.495 e. The molecule has 1 N–H and O–H groups in total. The molecule has 4 rings (SSSR count). The zero-order valence-corrected chi connectivity index (χ0v) is 17.4. The number of hydrogen-bond donors (Lipinski definition) is 1. The number of nitro groups is 1. The van der Waals surface area contributed by atoms with Crippen molar-refractivity contribution < 1.29 is 18.9 Å². The number of ether oxygens (including phenoxy) is 1. The molecule has 0 radical (unpaired) electrons. The van der Waals surface area contributed by atoms with Gasteiger partial charge in [0.2, 0.25) is 5.89 Å². The number of rotatable bonds is 6. The van der Waals surface area contributed by atoms with Gasteiger partial charge in [-0.05, 0) is 48.7 Å². The van der Waals surface area contributed by atoms with E-state index < -0.39 is 10.8 Å². The molecule has 0 saturated heterocycles. The summed E-state index contributed by atoms with van der Waals surface area (Å²) in [5, 5.41) is 14.2. The lowest BCUT2D eigenvalue weighted by Crippen LogP contribution is -2.14. The number of nitrogens with one attached hydrogen (secondary N) is 1. The third-order valence-electron chi connectivity index (χ3n) is 4.63. The smallest absolute Gasteiger partial charge is 0.285 e. The van der Waals surface area contributed by atoms with Gasteiger partial charge in [0.15, 0.2) is 5.58 Å². The molecule has 1 aromatic heterocycles. The topological polar surface area (TPSA) is 108 Å². The Morgan fingerprint density at radius 1 is 1.16 bits per heavy atom. The zero-order chi connectivity index (χ0) is 22.0. The van der Waals surface area contributed by atoms with Crippen LogP contribution < -0.4 is 10.1 Å². The molecule has 3 aromatic carbocycles. The van der Waals surface area contributed by atoms with Crippen LogP contribution in [0.15, 0.2) is 70.0 Å². The Morgan fingerprint density at radius 3 is 2.55 bits per heavy atom. The highest BCUT2D eigenvalue weighted by molar-refractivity contribution is 7.98. The van der Waals surface area contributed by atoms with Crippen LogP contribution in [0.5, 0.6) is 5.75 Å². The number of hydrogen-bond acceptors (Lipinski definition) is 7. The highest BCUT2D eigenvalue weighted by Gasteiger charge is 2.24. The number of benzene rings is 3. The van der Waals surface area contributed by atoms with Gasteiger partial charge in [-0.1, -0.05) is 12.1 Å². The Balaban J connectivity index is 1.59. The molecule has 0 bridgehead atoms. The average Bonchev–Trinajstić information content (AvgIpc) is 3.22. The normalized spacial score (nSPS) is 10.8. The predicted molar refractivity (Wildman–Crippen MR) is 119 cm³/mol. The van der Waals surface area contributed by atoms with Crippen LogP contribution >= 0.6 is 11.8 Å². The van der Waals surface area contributed by atoms with Gasteiger partial charge in [-0.15, -0.1) is 11.8 Å². The van der Waals surface area contributed by atoms with Crippen LogP contribution in [-0.2, 0) is 0 Å². The number of methoxy groups -OCH3 is 1. The van der Waals surface area contributed by atoms with E-state index >= 15 is 0 Å². The molecule has 0 aliphatic heterocycles. The first kappa shape index (κ1) is 20.4. The van der Waals surface area contributed by atoms with Crippen molar-refractivity contribution >= 4 is 40.1 Å². The van der Waals surface area contributed by atoms with E-state index in [0.29, 0.717) is 27.8 Å². The molecule has 8 nitrogen and oxygen atoms in total. The van der Waals surface area contributed by atoms with Crippen molar-refractivity contribution in [1.29, 1.82) is 0 Å². The molecule has 1 heterocycles. The van der Waals surface area contributed by atoms with Crippen molar-refractivity contribution in [2.45, 2.75) is 4.90 Å². The minimum absolute atomic E-state index is 0.0434. The summed E-state index contributed by atoms with van der Waals surface area (Å²) in [6, 6.07) is 17.1. The Bertz CT molecular complexity index is 1250. The van der Waals surface area contributed by atoms with Gasteiger partial charge in [0.25, 0.3) is 11.6 Å². The SMILES string of the molecule is COc1cc([N+](=O)[O-])c(C(=O)Nc2ccc(-c3nc4ccccc4o3)cc2)cc1SC. The maximum Gasteiger partial charge on any atom is 0.285 e. The fourth-order valence-electron chi connectivity index (χ4n) is 3.09. The maximum atomic E-state index is 12.8. The van der Waals surface area contributed by atoms with Gasteiger partial charge in [0, 0.05) is 11.3 Å². The molecule has 9 heteroatoms. The fraction of sp³-hybridized carbons (Fsp3) is 0.0909. The summed E-state index contributed by atoms with van der Waals surface area (Å²) in [6.07, 6.45) is 1.80. The van der Waals surface area contributed by atoms with Crippen LogP contribution in [0.4, 0.5) is 11.4 Å². The molecule has 0 aliphatic carbocycles. The maximum absolute atomic E-state index is 12.8. The van der Waals surface area contributed by atoms with Gasteiger partial charge in [-0.2, -0.15) is 0 Å². The van der Waals surface area contributed by atoms with Gasteiger partial charge in [0.1, 0.15) is 16.8 Å². The molecule has 0 unspecified atom stereocenters. The zero-order valence-electron chi connectivity index (χ0n) is 16.6. The number of thioether (sulfide) groups is 1.